The standard InChI is InChI=1S/C23H25F4N3O3/c1-14-2-4-18(15(10-14)6-8-30-9-7-16(24)13-30)29-22(31)21-12-28-19-11-17(33-23(25,26)27)3-5-20(19)32-21/h2-5,10-11,16,21,28H,6-9,12-13H2,1H3,(H,29,31). The van der Waals surface area contributed by atoms with Gasteiger partial charge in [-0.1, -0.05) is 17.7 Å². The van der Waals surface area contributed by atoms with Crippen LogP contribution in [0, 0.1) is 6.92 Å². The molecule has 6 nitrogen and oxygen atoms in total. The molecule has 0 bridgehead atoms. The van der Waals surface area contributed by atoms with E-state index in [1.165, 1.54) is 12.1 Å². The second kappa shape index (κ2) is 9.46. The van der Waals surface area contributed by atoms with E-state index in [-0.39, 0.29) is 24.0 Å². The van der Waals surface area contributed by atoms with E-state index in [4.69, 9.17) is 4.74 Å². The predicted molar refractivity (Wildman–Crippen MR) is 115 cm³/mol. The van der Waals surface area contributed by atoms with Gasteiger partial charge in [-0.3, -0.25) is 4.79 Å². The van der Waals surface area contributed by atoms with E-state index in [1.807, 2.05) is 25.1 Å². The predicted octanol–water partition coefficient (Wildman–Crippen LogP) is 4.29. The number of hydrogen-bond donors (Lipinski definition) is 2. The molecule has 2 unspecified atom stereocenters. The molecule has 1 amide bonds. The first kappa shape index (κ1) is 23.2. The highest BCUT2D eigenvalue weighted by Gasteiger charge is 2.32. The third-order valence-electron chi connectivity index (χ3n) is 5.66. The minimum absolute atomic E-state index is 0.0845. The number of benzene rings is 2. The van der Waals surface area contributed by atoms with Crippen molar-refractivity contribution in [3.63, 3.8) is 0 Å². The summed E-state index contributed by atoms with van der Waals surface area (Å²) in [7, 11) is 0. The van der Waals surface area contributed by atoms with Gasteiger partial charge in [0, 0.05) is 31.4 Å². The molecule has 2 aliphatic heterocycles. The number of amides is 1. The maximum Gasteiger partial charge on any atom is 0.573 e. The van der Waals surface area contributed by atoms with Crippen LogP contribution in [0.3, 0.4) is 0 Å². The molecule has 10 heteroatoms. The average Bonchev–Trinajstić information content (AvgIpc) is 3.17. The number of alkyl halides is 4. The molecule has 0 radical (unpaired) electrons. The van der Waals surface area contributed by atoms with Gasteiger partial charge in [-0.25, -0.2) is 4.39 Å². The molecule has 33 heavy (non-hydrogen) atoms. The number of anilines is 2. The van der Waals surface area contributed by atoms with Gasteiger partial charge in [0.25, 0.3) is 5.91 Å². The van der Waals surface area contributed by atoms with E-state index >= 15 is 0 Å². The number of hydrogen-bond acceptors (Lipinski definition) is 5. The summed E-state index contributed by atoms with van der Waals surface area (Å²) in [6, 6.07) is 9.35. The summed E-state index contributed by atoms with van der Waals surface area (Å²) < 4.78 is 60.3. The first-order chi connectivity index (χ1) is 15.7. The van der Waals surface area contributed by atoms with Gasteiger partial charge in [-0.2, -0.15) is 0 Å². The fourth-order valence-electron chi connectivity index (χ4n) is 4.02. The molecule has 2 aromatic rings. The lowest BCUT2D eigenvalue weighted by atomic mass is 10.1. The van der Waals surface area contributed by atoms with Gasteiger partial charge in [0.15, 0.2) is 6.10 Å². The molecule has 0 spiro atoms. The van der Waals surface area contributed by atoms with Crippen molar-refractivity contribution < 1.29 is 31.8 Å². The number of rotatable bonds is 6. The van der Waals surface area contributed by atoms with E-state index in [0.717, 1.165) is 23.7 Å². The molecule has 1 fully saturated rings. The number of nitrogens with one attached hydrogen (secondary N) is 2. The number of halogens is 4. The van der Waals surface area contributed by atoms with E-state index in [9.17, 15) is 22.4 Å². The van der Waals surface area contributed by atoms with Crippen LogP contribution in [0.25, 0.3) is 0 Å². The molecule has 0 aromatic heterocycles. The van der Waals surface area contributed by atoms with E-state index < -0.39 is 18.6 Å². The number of aryl methyl sites for hydroxylation is 1. The van der Waals surface area contributed by atoms with Crippen LogP contribution in [0.15, 0.2) is 36.4 Å². The Kier molecular flexibility index (Phi) is 6.64. The van der Waals surface area contributed by atoms with Crippen molar-refractivity contribution in [2.45, 2.75) is 38.4 Å². The van der Waals surface area contributed by atoms with Crippen molar-refractivity contribution in [3.8, 4) is 11.5 Å². The minimum Gasteiger partial charge on any atom is -0.477 e. The number of nitrogens with zero attached hydrogens (tertiary/aromatic N) is 1. The van der Waals surface area contributed by atoms with Gasteiger partial charge in [-0.15, -0.1) is 13.2 Å². The Bertz CT molecular complexity index is 1010. The molecule has 178 valence electrons. The Balaban J connectivity index is 1.39. The molecule has 4 rings (SSSR count). The largest absolute Gasteiger partial charge is 0.573 e. The van der Waals surface area contributed by atoms with Crippen LogP contribution < -0.4 is 20.1 Å². The van der Waals surface area contributed by atoms with Gasteiger partial charge in [-0.05, 0) is 43.5 Å². The molecular formula is C23H25F4N3O3. The molecule has 2 heterocycles. The molecule has 2 aromatic carbocycles. The normalized spacial score (nSPS) is 20.5. The first-order valence-corrected chi connectivity index (χ1v) is 10.7. The molecule has 2 N–H and O–H groups in total. The highest BCUT2D eigenvalue weighted by atomic mass is 19.4. The van der Waals surface area contributed by atoms with Gasteiger partial charge in [0.2, 0.25) is 0 Å². The van der Waals surface area contributed by atoms with Crippen molar-refractivity contribution in [3.05, 3.63) is 47.5 Å². The smallest absolute Gasteiger partial charge is 0.477 e. The summed E-state index contributed by atoms with van der Waals surface area (Å²) in [6.07, 6.45) is -5.23. The van der Waals surface area contributed by atoms with E-state index in [2.05, 4.69) is 20.3 Å². The topological polar surface area (TPSA) is 62.8 Å². The summed E-state index contributed by atoms with van der Waals surface area (Å²) in [5.41, 5.74) is 2.97. The highest BCUT2D eigenvalue weighted by Crippen LogP contribution is 2.35. The Morgan fingerprint density at radius 1 is 1.27 bits per heavy atom. The average molecular weight is 467 g/mol. The second-order valence-corrected chi connectivity index (χ2v) is 8.28. The first-order valence-electron chi connectivity index (χ1n) is 10.7. The van der Waals surface area contributed by atoms with Crippen LogP contribution in [-0.4, -0.2) is 55.6 Å². The molecule has 2 atom stereocenters. The fraction of sp³-hybridized carbons (Fsp3) is 0.435. The SMILES string of the molecule is Cc1ccc(NC(=O)C2CNc3cc(OC(F)(F)F)ccc3O2)c(CCN2CCC(F)C2)c1. The Morgan fingerprint density at radius 3 is 2.82 bits per heavy atom. The van der Waals surface area contributed by atoms with Crippen molar-refractivity contribution in [1.29, 1.82) is 0 Å². The van der Waals surface area contributed by atoms with Gasteiger partial charge >= 0.3 is 6.36 Å². The Hall–Kier alpha value is -3.01. The summed E-state index contributed by atoms with van der Waals surface area (Å²) >= 11 is 0. The number of fused-ring (bicyclic) bond motifs is 1. The van der Waals surface area contributed by atoms with Gasteiger partial charge < -0.3 is 25.0 Å². The number of carbonyl (C=O) groups is 1. The van der Waals surface area contributed by atoms with Crippen LogP contribution >= 0.6 is 0 Å². The Labute approximate surface area is 188 Å². The number of ether oxygens (including phenoxy) is 2. The van der Waals surface area contributed by atoms with Crippen molar-refractivity contribution in [2.24, 2.45) is 0 Å². The molecular weight excluding hydrogens is 442 g/mol. The number of likely N-dealkylation sites (tertiary alicyclic amines) is 1. The fourth-order valence-corrected chi connectivity index (χ4v) is 4.02. The molecule has 1 saturated heterocycles. The molecule has 0 aliphatic carbocycles. The van der Waals surface area contributed by atoms with Crippen molar-refractivity contribution in [1.82, 2.24) is 4.90 Å². The summed E-state index contributed by atoms with van der Waals surface area (Å²) in [6.45, 7) is 3.91. The lowest BCUT2D eigenvalue weighted by molar-refractivity contribution is -0.274. The van der Waals surface area contributed by atoms with Crippen molar-refractivity contribution in [2.75, 3.05) is 36.8 Å². The zero-order valence-electron chi connectivity index (χ0n) is 18.0. The van der Waals surface area contributed by atoms with E-state index in [1.54, 1.807) is 0 Å². The van der Waals surface area contributed by atoms with Crippen molar-refractivity contribution >= 4 is 17.3 Å². The van der Waals surface area contributed by atoms with Crippen LogP contribution in [-0.2, 0) is 11.2 Å². The number of carbonyl (C=O) groups excluding carboxylic acids is 1. The quantitative estimate of drug-likeness (QED) is 0.621. The van der Waals surface area contributed by atoms with Crippen LogP contribution in [0.1, 0.15) is 17.5 Å². The third-order valence-corrected chi connectivity index (χ3v) is 5.66. The van der Waals surface area contributed by atoms with Crippen LogP contribution in [0.4, 0.5) is 28.9 Å². The summed E-state index contributed by atoms with van der Waals surface area (Å²) in [5.74, 6) is -0.490. The van der Waals surface area contributed by atoms with Crippen LogP contribution in [0.5, 0.6) is 11.5 Å². The highest BCUT2D eigenvalue weighted by molar-refractivity contribution is 5.96. The summed E-state index contributed by atoms with van der Waals surface area (Å²) in [5, 5.41) is 5.82. The van der Waals surface area contributed by atoms with Gasteiger partial charge in [0.1, 0.15) is 17.7 Å². The van der Waals surface area contributed by atoms with E-state index in [0.29, 0.717) is 37.3 Å². The second-order valence-electron chi connectivity index (χ2n) is 8.28. The minimum atomic E-state index is -4.79. The lowest BCUT2D eigenvalue weighted by Gasteiger charge is -2.27. The lowest BCUT2D eigenvalue weighted by Crippen LogP contribution is -2.41. The zero-order chi connectivity index (χ0) is 23.6. The third kappa shape index (κ3) is 6.07. The zero-order valence-corrected chi connectivity index (χ0v) is 18.0. The summed E-state index contributed by atoms with van der Waals surface area (Å²) in [4.78, 5) is 14.9. The van der Waals surface area contributed by atoms with Crippen LogP contribution in [0.2, 0.25) is 0 Å². The Morgan fingerprint density at radius 2 is 2.09 bits per heavy atom. The molecule has 0 saturated carbocycles. The maximum absolute atomic E-state index is 13.4. The molecule has 2 aliphatic rings. The van der Waals surface area contributed by atoms with Gasteiger partial charge in [0.05, 0.1) is 12.2 Å². The monoisotopic (exact) mass is 467 g/mol. The maximum atomic E-state index is 13.4.